The monoisotopic (exact) mass is 505 g/mol. The third-order valence-electron chi connectivity index (χ3n) is 6.37. The van der Waals surface area contributed by atoms with E-state index in [1.54, 1.807) is 0 Å². The zero-order valence-electron chi connectivity index (χ0n) is 22.0. The Kier molecular flexibility index (Phi) is 8.84. The molecule has 1 atom stereocenters. The molecule has 0 spiro atoms. The van der Waals surface area contributed by atoms with Crippen LogP contribution < -0.4 is 4.74 Å². The highest BCUT2D eigenvalue weighted by atomic mass is 16.6. The maximum Gasteiger partial charge on any atom is 0.351 e. The molecule has 1 unspecified atom stereocenters. The summed E-state index contributed by atoms with van der Waals surface area (Å²) in [7, 11) is 1.35. The largest absolute Gasteiger partial charge is 0.466 e. The number of aryl methyl sites for hydroxylation is 2. The average molecular weight is 506 g/mol. The Labute approximate surface area is 223 Å². The summed E-state index contributed by atoms with van der Waals surface area (Å²) < 4.78 is 11.4. The lowest BCUT2D eigenvalue weighted by atomic mass is 9.96. The zero-order chi connectivity index (χ0) is 26.9. The minimum atomic E-state index is -0.946. The van der Waals surface area contributed by atoms with Crippen LogP contribution in [-0.4, -0.2) is 23.0 Å². The van der Waals surface area contributed by atoms with Gasteiger partial charge in [-0.05, 0) is 42.5 Å². The lowest BCUT2D eigenvalue weighted by Gasteiger charge is -2.20. The van der Waals surface area contributed by atoms with Crippen LogP contribution >= 0.6 is 0 Å². The molecule has 4 aromatic rings. The molecule has 0 aliphatic heterocycles. The number of methoxy groups -OCH3 is 1. The van der Waals surface area contributed by atoms with Gasteiger partial charge in [-0.1, -0.05) is 86.1 Å². The molecule has 38 heavy (non-hydrogen) atoms. The van der Waals surface area contributed by atoms with Crippen molar-refractivity contribution >= 4 is 5.97 Å². The molecular formula is C32H31N3O3. The molecule has 0 saturated carbocycles. The number of aromatic nitrogens is 2. The van der Waals surface area contributed by atoms with Gasteiger partial charge in [-0.15, -0.1) is 0 Å². The zero-order valence-corrected chi connectivity index (χ0v) is 22.0. The van der Waals surface area contributed by atoms with E-state index in [-0.39, 0.29) is 0 Å². The molecule has 0 fully saturated rings. The smallest absolute Gasteiger partial charge is 0.351 e. The molecule has 0 amide bonds. The van der Waals surface area contributed by atoms with E-state index < -0.39 is 12.1 Å². The number of nitrogens with zero attached hydrogens (tertiary/aromatic N) is 3. The first-order chi connectivity index (χ1) is 18.5. The second kappa shape index (κ2) is 12.6. The third kappa shape index (κ3) is 6.24. The van der Waals surface area contributed by atoms with Gasteiger partial charge in [0.25, 0.3) is 0 Å². The third-order valence-corrected chi connectivity index (χ3v) is 6.37. The van der Waals surface area contributed by atoms with E-state index in [1.807, 2.05) is 85.8 Å². The highest BCUT2D eigenvalue weighted by molar-refractivity contribution is 5.77. The van der Waals surface area contributed by atoms with Crippen LogP contribution in [0.2, 0.25) is 0 Å². The minimum absolute atomic E-state index is 0.391. The Bertz CT molecular complexity index is 1430. The molecule has 0 aliphatic carbocycles. The second-order valence-corrected chi connectivity index (χ2v) is 9.07. The van der Waals surface area contributed by atoms with Crippen molar-refractivity contribution in [2.24, 2.45) is 0 Å². The topological polar surface area (TPSA) is 85.1 Å². The molecule has 4 rings (SSSR count). The molecule has 0 radical (unpaired) electrons. The number of carbonyl (C=O) groups excluding carboxylic acids is 1. The van der Waals surface area contributed by atoms with E-state index in [4.69, 9.17) is 14.5 Å². The summed E-state index contributed by atoms with van der Waals surface area (Å²) in [6.07, 6.45) is 2.38. The Morgan fingerprint density at radius 3 is 2.37 bits per heavy atom. The highest BCUT2D eigenvalue weighted by Gasteiger charge is 2.26. The molecule has 0 bridgehead atoms. The fraction of sp³-hybridized carbons (Fsp3) is 0.250. The molecule has 0 N–H and O–H groups in total. The van der Waals surface area contributed by atoms with Gasteiger partial charge in [-0.25, -0.2) is 9.78 Å². The summed E-state index contributed by atoms with van der Waals surface area (Å²) >= 11 is 0. The fourth-order valence-corrected chi connectivity index (χ4v) is 4.39. The summed E-state index contributed by atoms with van der Waals surface area (Å²) in [5, 5.41) is 9.48. The predicted octanol–water partition coefficient (Wildman–Crippen LogP) is 6.55. The Hall–Kier alpha value is -4.50. The molecule has 1 heterocycles. The van der Waals surface area contributed by atoms with Crippen LogP contribution in [-0.2, 0) is 22.4 Å². The standard InChI is InChI=1S/C32H31N3O3/c1-4-5-15-29-28(20-23-16-18-24(19-17-23)27-14-10-9-13-26(27)21-33)31(35-22(2)34-29)38-30(32(36)37-3)25-11-7-6-8-12-25/h6-14,16-19,30H,4-5,15,20H2,1-3H3. The first-order valence-electron chi connectivity index (χ1n) is 12.8. The molecule has 0 saturated heterocycles. The van der Waals surface area contributed by atoms with E-state index in [2.05, 4.69) is 18.0 Å². The predicted molar refractivity (Wildman–Crippen MR) is 147 cm³/mol. The Morgan fingerprint density at radius 1 is 0.974 bits per heavy atom. The molecule has 3 aromatic carbocycles. The summed E-state index contributed by atoms with van der Waals surface area (Å²) in [4.78, 5) is 22.1. The number of nitriles is 1. The van der Waals surface area contributed by atoms with Crippen LogP contribution in [0.4, 0.5) is 0 Å². The summed E-state index contributed by atoms with van der Waals surface area (Å²) in [6, 6.07) is 27.3. The van der Waals surface area contributed by atoms with Gasteiger partial charge in [0.05, 0.1) is 24.4 Å². The van der Waals surface area contributed by atoms with Crippen molar-refractivity contribution in [2.45, 2.75) is 45.6 Å². The van der Waals surface area contributed by atoms with Gasteiger partial charge in [0.1, 0.15) is 5.82 Å². The van der Waals surface area contributed by atoms with E-state index >= 15 is 0 Å². The quantitative estimate of drug-likeness (QED) is 0.227. The van der Waals surface area contributed by atoms with Crippen LogP contribution in [0.5, 0.6) is 5.88 Å². The number of hydrogen-bond acceptors (Lipinski definition) is 6. The molecule has 192 valence electrons. The molecular weight excluding hydrogens is 474 g/mol. The lowest BCUT2D eigenvalue weighted by molar-refractivity contribution is -0.149. The second-order valence-electron chi connectivity index (χ2n) is 9.07. The maximum absolute atomic E-state index is 12.7. The first kappa shape index (κ1) is 26.6. The number of hydrogen-bond donors (Lipinski definition) is 0. The van der Waals surface area contributed by atoms with Crippen molar-refractivity contribution in [3.05, 3.63) is 113 Å². The number of ether oxygens (including phenoxy) is 2. The van der Waals surface area contributed by atoms with Crippen molar-refractivity contribution in [1.82, 2.24) is 9.97 Å². The average Bonchev–Trinajstić information content (AvgIpc) is 2.96. The number of benzene rings is 3. The van der Waals surface area contributed by atoms with Crippen molar-refractivity contribution in [3.8, 4) is 23.1 Å². The molecule has 6 heteroatoms. The van der Waals surface area contributed by atoms with Crippen LogP contribution in [0.15, 0.2) is 78.9 Å². The lowest BCUT2D eigenvalue weighted by Crippen LogP contribution is -2.22. The van der Waals surface area contributed by atoms with Gasteiger partial charge in [-0.3, -0.25) is 0 Å². The van der Waals surface area contributed by atoms with E-state index in [9.17, 15) is 10.1 Å². The summed E-state index contributed by atoms with van der Waals surface area (Å²) in [5.74, 6) is 0.491. The molecule has 1 aromatic heterocycles. The minimum Gasteiger partial charge on any atom is -0.466 e. The number of carbonyl (C=O) groups is 1. The van der Waals surface area contributed by atoms with Crippen LogP contribution in [0.1, 0.15) is 59.6 Å². The normalized spacial score (nSPS) is 11.4. The van der Waals surface area contributed by atoms with Crippen LogP contribution in [0, 0.1) is 18.3 Å². The fourth-order valence-electron chi connectivity index (χ4n) is 4.39. The van der Waals surface area contributed by atoms with Gasteiger partial charge in [0.2, 0.25) is 12.0 Å². The summed E-state index contributed by atoms with van der Waals surface area (Å²) in [6.45, 7) is 3.98. The van der Waals surface area contributed by atoms with Crippen LogP contribution in [0.3, 0.4) is 0 Å². The van der Waals surface area contributed by atoms with E-state index in [1.165, 1.54) is 7.11 Å². The summed E-state index contributed by atoms with van der Waals surface area (Å²) in [5.41, 5.74) is 6.04. The highest BCUT2D eigenvalue weighted by Crippen LogP contribution is 2.30. The van der Waals surface area contributed by atoms with Gasteiger partial charge in [0.15, 0.2) is 0 Å². The van der Waals surface area contributed by atoms with Gasteiger partial charge >= 0.3 is 5.97 Å². The first-order valence-corrected chi connectivity index (χ1v) is 12.8. The van der Waals surface area contributed by atoms with Crippen molar-refractivity contribution in [1.29, 1.82) is 5.26 Å². The van der Waals surface area contributed by atoms with Crippen molar-refractivity contribution < 1.29 is 14.3 Å². The van der Waals surface area contributed by atoms with Gasteiger partial charge < -0.3 is 9.47 Å². The number of esters is 1. The molecule has 6 nitrogen and oxygen atoms in total. The Balaban J connectivity index is 1.72. The van der Waals surface area contributed by atoms with E-state index in [0.717, 1.165) is 47.2 Å². The Morgan fingerprint density at radius 2 is 1.68 bits per heavy atom. The molecule has 0 aliphatic rings. The van der Waals surface area contributed by atoms with Crippen LogP contribution in [0.25, 0.3) is 11.1 Å². The SMILES string of the molecule is CCCCc1nc(C)nc(OC(C(=O)OC)c2ccccc2)c1Cc1ccc(-c2ccccc2C#N)cc1. The number of unbranched alkanes of at least 4 members (excludes halogenated alkanes) is 1. The van der Waals surface area contributed by atoms with Crippen molar-refractivity contribution in [2.75, 3.05) is 7.11 Å². The van der Waals surface area contributed by atoms with E-state index in [0.29, 0.717) is 29.3 Å². The van der Waals surface area contributed by atoms with Gasteiger partial charge in [0, 0.05) is 17.5 Å². The van der Waals surface area contributed by atoms with Gasteiger partial charge in [-0.2, -0.15) is 10.2 Å². The number of rotatable bonds is 10. The van der Waals surface area contributed by atoms with Crippen molar-refractivity contribution in [3.63, 3.8) is 0 Å². The maximum atomic E-state index is 12.7.